The molecule has 0 atom stereocenters. The van der Waals surface area contributed by atoms with Crippen LogP contribution in [0.1, 0.15) is 71.1 Å². The Labute approximate surface area is 123 Å². The number of carbonyl (C=O) groups excluding carboxylic acids is 1. The van der Waals surface area contributed by atoms with Crippen molar-refractivity contribution in [3.63, 3.8) is 0 Å². The summed E-state index contributed by atoms with van der Waals surface area (Å²) in [5.74, 6) is -1.94. The Morgan fingerprint density at radius 2 is 1.50 bits per heavy atom. The third-order valence-electron chi connectivity index (χ3n) is 3.21. The molecule has 0 amide bonds. The molecule has 0 N–H and O–H groups in total. The molecule has 0 aromatic rings. The van der Waals surface area contributed by atoms with Crippen LogP contribution in [0.5, 0.6) is 0 Å². The second-order valence-corrected chi connectivity index (χ2v) is 5.08. The molecule has 0 rings (SSSR count). The minimum Gasteiger partial charge on any atom is -0.460 e. The number of carbonyl (C=O) groups is 1. The van der Waals surface area contributed by atoms with Crippen LogP contribution < -0.4 is 0 Å². The largest absolute Gasteiger partial charge is 0.460 e. The molecule has 0 fully saturated rings. The molecule has 0 saturated heterocycles. The highest BCUT2D eigenvalue weighted by Gasteiger charge is 2.05. The van der Waals surface area contributed by atoms with E-state index in [1.54, 1.807) is 0 Å². The summed E-state index contributed by atoms with van der Waals surface area (Å²) in [5.41, 5.74) is 0. The number of allylic oxidation sites excluding steroid dienone is 2. The van der Waals surface area contributed by atoms with Crippen LogP contribution in [0.3, 0.4) is 0 Å². The average molecular weight is 284 g/mol. The minimum atomic E-state index is -1.01. The van der Waals surface area contributed by atoms with E-state index in [1.165, 1.54) is 44.9 Å². The van der Waals surface area contributed by atoms with E-state index in [0.717, 1.165) is 19.3 Å². The molecule has 0 bridgehead atoms. The maximum absolute atomic E-state index is 12.3. The lowest BCUT2D eigenvalue weighted by Crippen LogP contribution is -2.05. The van der Waals surface area contributed by atoms with Gasteiger partial charge >= 0.3 is 5.97 Å². The second kappa shape index (κ2) is 14.3. The lowest BCUT2D eigenvalue weighted by atomic mass is 10.1. The average Bonchev–Trinajstić information content (AvgIpc) is 2.43. The maximum atomic E-state index is 12.3. The van der Waals surface area contributed by atoms with Crippen LogP contribution in [0, 0.1) is 0 Å². The quantitative estimate of drug-likeness (QED) is 0.193. The van der Waals surface area contributed by atoms with Crippen molar-refractivity contribution in [3.05, 3.63) is 24.6 Å². The third-order valence-corrected chi connectivity index (χ3v) is 3.21. The van der Waals surface area contributed by atoms with Crippen LogP contribution in [0.15, 0.2) is 24.6 Å². The Kier molecular flexibility index (Phi) is 13.5. The Bertz CT molecular complexity index is 285. The summed E-state index contributed by atoms with van der Waals surface area (Å²) in [7, 11) is 0. The van der Waals surface area contributed by atoms with Gasteiger partial charge in [0.25, 0.3) is 0 Å². The summed E-state index contributed by atoms with van der Waals surface area (Å²) >= 11 is 0. The van der Waals surface area contributed by atoms with Crippen LogP contribution in [-0.2, 0) is 9.53 Å². The molecule has 0 heterocycles. The summed E-state index contributed by atoms with van der Waals surface area (Å²) in [6.45, 7) is 5.25. The Hall–Kier alpha value is -1.12. The molecule has 0 unspecified atom stereocenters. The van der Waals surface area contributed by atoms with Gasteiger partial charge in [0.05, 0.1) is 6.61 Å². The zero-order chi connectivity index (χ0) is 15.1. The van der Waals surface area contributed by atoms with Gasteiger partial charge in [0, 0.05) is 0 Å². The van der Waals surface area contributed by atoms with Crippen LogP contribution in [0.4, 0.5) is 4.39 Å². The number of halogens is 1. The van der Waals surface area contributed by atoms with Gasteiger partial charge in [-0.1, -0.05) is 63.7 Å². The molecule has 0 aliphatic rings. The maximum Gasteiger partial charge on any atom is 0.366 e. The second-order valence-electron chi connectivity index (χ2n) is 5.08. The molecule has 0 saturated carbocycles. The van der Waals surface area contributed by atoms with E-state index < -0.39 is 11.8 Å². The molecule has 0 spiro atoms. The highest BCUT2D eigenvalue weighted by Crippen LogP contribution is 2.11. The molecule has 3 heteroatoms. The van der Waals surface area contributed by atoms with Crippen molar-refractivity contribution < 1.29 is 13.9 Å². The van der Waals surface area contributed by atoms with E-state index in [9.17, 15) is 9.18 Å². The van der Waals surface area contributed by atoms with Crippen LogP contribution in [0.25, 0.3) is 0 Å². The molecule has 0 radical (unpaired) electrons. The molecular formula is C17H29FO2. The topological polar surface area (TPSA) is 26.3 Å². The summed E-state index contributed by atoms with van der Waals surface area (Å²) < 4.78 is 16.9. The van der Waals surface area contributed by atoms with Gasteiger partial charge in [0.15, 0.2) is 0 Å². The number of hydrogen-bond donors (Lipinski definition) is 0. The summed E-state index contributed by atoms with van der Waals surface area (Å²) in [6, 6.07) is 0. The Morgan fingerprint density at radius 3 is 2.00 bits per heavy atom. The standard InChI is InChI=1S/C17H29FO2/c1-3-4-5-6-7-8-9-10-11-12-13-14-15-20-17(19)16(2)18/h3-4H,2,5-15H2,1H3/b4-3-. The predicted molar refractivity (Wildman–Crippen MR) is 82.2 cm³/mol. The number of hydrogen-bond acceptors (Lipinski definition) is 2. The van der Waals surface area contributed by atoms with E-state index >= 15 is 0 Å². The van der Waals surface area contributed by atoms with Gasteiger partial charge in [0.1, 0.15) is 0 Å². The third kappa shape index (κ3) is 13.3. The van der Waals surface area contributed by atoms with Gasteiger partial charge in [-0.05, 0) is 26.2 Å². The van der Waals surface area contributed by atoms with E-state index in [4.69, 9.17) is 0 Å². The van der Waals surface area contributed by atoms with Gasteiger partial charge in [-0.3, -0.25) is 0 Å². The van der Waals surface area contributed by atoms with Crippen molar-refractivity contribution in [2.24, 2.45) is 0 Å². The highest BCUT2D eigenvalue weighted by atomic mass is 19.1. The van der Waals surface area contributed by atoms with Crippen LogP contribution in [-0.4, -0.2) is 12.6 Å². The van der Waals surface area contributed by atoms with Crippen LogP contribution >= 0.6 is 0 Å². The van der Waals surface area contributed by atoms with E-state index in [-0.39, 0.29) is 0 Å². The molecule has 0 aliphatic carbocycles. The highest BCUT2D eigenvalue weighted by molar-refractivity contribution is 5.85. The first-order valence-electron chi connectivity index (χ1n) is 7.81. The van der Waals surface area contributed by atoms with Gasteiger partial charge in [0.2, 0.25) is 5.83 Å². The first kappa shape index (κ1) is 18.9. The molecular weight excluding hydrogens is 255 g/mol. The van der Waals surface area contributed by atoms with Crippen molar-refractivity contribution in [3.8, 4) is 0 Å². The fourth-order valence-electron chi connectivity index (χ4n) is 2.01. The van der Waals surface area contributed by atoms with E-state index in [0.29, 0.717) is 6.61 Å². The van der Waals surface area contributed by atoms with Crippen molar-refractivity contribution in [1.29, 1.82) is 0 Å². The molecule has 0 aliphatic heterocycles. The molecule has 0 aromatic heterocycles. The van der Waals surface area contributed by atoms with E-state index in [2.05, 4.69) is 30.4 Å². The number of ether oxygens (including phenoxy) is 1. The number of unbranched alkanes of at least 4 members (excludes halogenated alkanes) is 9. The lowest BCUT2D eigenvalue weighted by Gasteiger charge is -2.03. The number of rotatable bonds is 13. The summed E-state index contributed by atoms with van der Waals surface area (Å²) in [5, 5.41) is 0. The zero-order valence-corrected chi connectivity index (χ0v) is 12.8. The molecule has 2 nitrogen and oxygen atoms in total. The van der Waals surface area contributed by atoms with Crippen LogP contribution in [0.2, 0.25) is 0 Å². The monoisotopic (exact) mass is 284 g/mol. The molecule has 20 heavy (non-hydrogen) atoms. The van der Waals surface area contributed by atoms with Crippen molar-refractivity contribution in [2.75, 3.05) is 6.61 Å². The van der Waals surface area contributed by atoms with E-state index in [1.807, 2.05) is 0 Å². The van der Waals surface area contributed by atoms with Gasteiger partial charge in [-0.25, -0.2) is 4.79 Å². The smallest absolute Gasteiger partial charge is 0.366 e. The fourth-order valence-corrected chi connectivity index (χ4v) is 2.01. The van der Waals surface area contributed by atoms with Gasteiger partial charge < -0.3 is 4.74 Å². The van der Waals surface area contributed by atoms with Crippen molar-refractivity contribution in [1.82, 2.24) is 0 Å². The normalized spacial score (nSPS) is 10.9. The lowest BCUT2D eigenvalue weighted by molar-refractivity contribution is -0.140. The minimum absolute atomic E-state index is 0.298. The SMILES string of the molecule is C=C(F)C(=O)OCCCCCCCCCCC/C=C\C. The summed E-state index contributed by atoms with van der Waals surface area (Å²) in [4.78, 5) is 10.7. The molecule has 0 aromatic carbocycles. The first-order chi connectivity index (χ1) is 9.68. The van der Waals surface area contributed by atoms with Crippen molar-refractivity contribution in [2.45, 2.75) is 71.1 Å². The van der Waals surface area contributed by atoms with Gasteiger partial charge in [-0.2, -0.15) is 4.39 Å². The number of esters is 1. The Morgan fingerprint density at radius 1 is 1.00 bits per heavy atom. The fraction of sp³-hybridized carbons (Fsp3) is 0.706. The van der Waals surface area contributed by atoms with Gasteiger partial charge in [-0.15, -0.1) is 0 Å². The zero-order valence-electron chi connectivity index (χ0n) is 12.8. The molecule has 116 valence electrons. The Balaban J connectivity index is 3.10. The summed E-state index contributed by atoms with van der Waals surface area (Å²) in [6.07, 6.45) is 16.3. The van der Waals surface area contributed by atoms with Crippen molar-refractivity contribution >= 4 is 5.97 Å². The first-order valence-corrected chi connectivity index (χ1v) is 7.81. The predicted octanol–water partition coefficient (Wildman–Crippen LogP) is 5.49.